The molecule has 0 spiro atoms. The van der Waals surface area contributed by atoms with Crippen LogP contribution in [-0.2, 0) is 21.2 Å². The van der Waals surface area contributed by atoms with Gasteiger partial charge in [0.1, 0.15) is 0 Å². The monoisotopic (exact) mass is 359 g/mol. The molecule has 9 heteroatoms. The Bertz CT molecular complexity index is 1180. The van der Waals surface area contributed by atoms with E-state index in [-0.39, 0.29) is 17.2 Å². The SMILES string of the molecule is CN1C(=O)Cc2cc(S(=O)(=O)Nc3ccc4oc(=O)[nH]c4c3)ccc21. The molecule has 1 aromatic heterocycles. The van der Waals surface area contributed by atoms with E-state index in [1.54, 1.807) is 13.1 Å². The van der Waals surface area contributed by atoms with Gasteiger partial charge in [-0.1, -0.05) is 0 Å². The number of rotatable bonds is 3. The fraction of sp³-hybridized carbons (Fsp3) is 0.125. The van der Waals surface area contributed by atoms with Crippen molar-refractivity contribution in [1.29, 1.82) is 0 Å². The quantitative estimate of drug-likeness (QED) is 0.735. The molecule has 0 saturated heterocycles. The smallest absolute Gasteiger partial charge is 0.408 e. The van der Waals surface area contributed by atoms with E-state index in [9.17, 15) is 18.0 Å². The van der Waals surface area contributed by atoms with E-state index in [0.29, 0.717) is 28.0 Å². The van der Waals surface area contributed by atoms with Crippen LogP contribution in [0.15, 0.2) is 50.5 Å². The molecule has 8 nitrogen and oxygen atoms in total. The van der Waals surface area contributed by atoms with E-state index in [1.807, 2.05) is 0 Å². The van der Waals surface area contributed by atoms with E-state index in [4.69, 9.17) is 4.42 Å². The van der Waals surface area contributed by atoms with Crippen LogP contribution >= 0.6 is 0 Å². The number of hydrogen-bond acceptors (Lipinski definition) is 5. The molecule has 2 aromatic carbocycles. The summed E-state index contributed by atoms with van der Waals surface area (Å²) in [7, 11) is -2.18. The van der Waals surface area contributed by atoms with Crippen LogP contribution in [0.5, 0.6) is 0 Å². The fourth-order valence-corrected chi connectivity index (χ4v) is 3.94. The second kappa shape index (κ2) is 5.21. The largest absolute Gasteiger partial charge is 0.417 e. The molecule has 1 aliphatic heterocycles. The van der Waals surface area contributed by atoms with Gasteiger partial charge in [0.05, 0.1) is 22.5 Å². The van der Waals surface area contributed by atoms with Crippen LogP contribution < -0.4 is 15.4 Å². The number of H-pyrrole nitrogens is 1. The molecule has 0 unspecified atom stereocenters. The maximum Gasteiger partial charge on any atom is 0.417 e. The first-order valence-corrected chi connectivity index (χ1v) is 8.87. The number of likely N-dealkylation sites (N-methyl/N-ethyl adjacent to an activating group) is 1. The lowest BCUT2D eigenvalue weighted by Crippen LogP contribution is -2.20. The number of nitrogens with one attached hydrogen (secondary N) is 2. The summed E-state index contributed by atoms with van der Waals surface area (Å²) in [5, 5.41) is 0. The van der Waals surface area contributed by atoms with Gasteiger partial charge >= 0.3 is 5.76 Å². The normalized spacial score (nSPS) is 14.1. The second-order valence-corrected chi connectivity index (χ2v) is 7.43. The predicted molar refractivity (Wildman–Crippen MR) is 91.2 cm³/mol. The van der Waals surface area contributed by atoms with Crippen LogP contribution in [-0.4, -0.2) is 26.4 Å². The minimum Gasteiger partial charge on any atom is -0.408 e. The average Bonchev–Trinajstić information content (AvgIpc) is 3.05. The lowest BCUT2D eigenvalue weighted by Gasteiger charge is -2.12. The number of nitrogens with zero attached hydrogens (tertiary/aromatic N) is 1. The number of amides is 1. The van der Waals surface area contributed by atoms with Crippen molar-refractivity contribution in [2.45, 2.75) is 11.3 Å². The molecule has 0 saturated carbocycles. The Hall–Kier alpha value is -3.07. The summed E-state index contributed by atoms with van der Waals surface area (Å²) in [5.74, 6) is -0.686. The number of anilines is 2. The van der Waals surface area contributed by atoms with Crippen molar-refractivity contribution in [2.24, 2.45) is 0 Å². The number of oxazole rings is 1. The molecular weight excluding hydrogens is 346 g/mol. The van der Waals surface area contributed by atoms with E-state index in [2.05, 4.69) is 9.71 Å². The summed E-state index contributed by atoms with van der Waals surface area (Å²) in [6.07, 6.45) is 0.178. The van der Waals surface area contributed by atoms with Crippen molar-refractivity contribution >= 4 is 38.4 Å². The first-order valence-electron chi connectivity index (χ1n) is 7.39. The number of fused-ring (bicyclic) bond motifs is 2. The number of aromatic nitrogens is 1. The summed E-state index contributed by atoms with van der Waals surface area (Å²) in [4.78, 5) is 26.9. The topological polar surface area (TPSA) is 112 Å². The highest BCUT2D eigenvalue weighted by Gasteiger charge is 2.26. The Balaban J connectivity index is 1.68. The lowest BCUT2D eigenvalue weighted by molar-refractivity contribution is -0.117. The zero-order valence-corrected chi connectivity index (χ0v) is 13.9. The molecule has 0 bridgehead atoms. The molecule has 0 radical (unpaired) electrons. The second-order valence-electron chi connectivity index (χ2n) is 5.75. The molecule has 0 aliphatic carbocycles. The van der Waals surface area contributed by atoms with Gasteiger partial charge in [-0.2, -0.15) is 0 Å². The number of carbonyl (C=O) groups excluding carboxylic acids is 1. The molecule has 0 fully saturated rings. The van der Waals surface area contributed by atoms with E-state index in [1.165, 1.54) is 35.2 Å². The van der Waals surface area contributed by atoms with Crippen molar-refractivity contribution < 1.29 is 17.6 Å². The van der Waals surface area contributed by atoms with Crippen molar-refractivity contribution in [3.63, 3.8) is 0 Å². The molecule has 1 amide bonds. The number of hydrogen-bond donors (Lipinski definition) is 2. The third kappa shape index (κ3) is 2.58. The van der Waals surface area contributed by atoms with Gasteiger partial charge in [-0.15, -0.1) is 0 Å². The van der Waals surface area contributed by atoms with E-state index in [0.717, 1.165) is 0 Å². The number of benzene rings is 2. The molecule has 1 aliphatic rings. The van der Waals surface area contributed by atoms with Gasteiger partial charge in [-0.05, 0) is 42.0 Å². The summed E-state index contributed by atoms with van der Waals surface area (Å²) < 4.78 is 32.5. The van der Waals surface area contributed by atoms with Gasteiger partial charge in [-0.25, -0.2) is 13.2 Å². The van der Waals surface area contributed by atoms with E-state index >= 15 is 0 Å². The average molecular weight is 359 g/mol. The Kier molecular flexibility index (Phi) is 3.22. The predicted octanol–water partition coefficient (Wildman–Crippen LogP) is 1.44. The maximum atomic E-state index is 12.6. The molecule has 25 heavy (non-hydrogen) atoms. The summed E-state index contributed by atoms with van der Waals surface area (Å²) in [6, 6.07) is 9.04. The number of carbonyl (C=O) groups is 1. The van der Waals surface area contributed by atoms with Gasteiger partial charge in [0.25, 0.3) is 10.0 Å². The zero-order chi connectivity index (χ0) is 17.8. The molecular formula is C16H13N3O5S. The third-order valence-corrected chi connectivity index (χ3v) is 5.49. The standard InChI is InChI=1S/C16H13N3O5S/c1-19-13-4-3-11(6-9(13)7-15(19)20)25(22,23)18-10-2-5-14-12(8-10)17-16(21)24-14/h2-6,8,18H,7H2,1H3,(H,17,21). The van der Waals surface area contributed by atoms with Crippen LogP contribution in [0.1, 0.15) is 5.56 Å². The molecule has 2 N–H and O–H groups in total. The Morgan fingerprint density at radius 3 is 2.76 bits per heavy atom. The van der Waals surface area contributed by atoms with Gasteiger partial charge in [0.15, 0.2) is 5.58 Å². The lowest BCUT2D eigenvalue weighted by atomic mass is 10.2. The minimum absolute atomic E-state index is 0.0649. The van der Waals surface area contributed by atoms with Gasteiger partial charge in [0.2, 0.25) is 5.91 Å². The zero-order valence-electron chi connectivity index (χ0n) is 13.1. The third-order valence-electron chi connectivity index (χ3n) is 4.11. The molecule has 3 aromatic rings. The highest BCUT2D eigenvalue weighted by atomic mass is 32.2. The van der Waals surface area contributed by atoms with Crippen molar-refractivity contribution in [2.75, 3.05) is 16.7 Å². The molecule has 2 heterocycles. The van der Waals surface area contributed by atoms with Crippen molar-refractivity contribution in [1.82, 2.24) is 4.98 Å². The number of sulfonamides is 1. The van der Waals surface area contributed by atoms with E-state index < -0.39 is 15.8 Å². The Morgan fingerprint density at radius 1 is 1.16 bits per heavy atom. The Labute approximate surface area is 142 Å². The minimum atomic E-state index is -3.83. The Morgan fingerprint density at radius 2 is 1.96 bits per heavy atom. The summed E-state index contributed by atoms with van der Waals surface area (Å²) in [5.41, 5.74) is 2.41. The van der Waals surface area contributed by atoms with Gasteiger partial charge < -0.3 is 9.32 Å². The number of aromatic amines is 1. The first kappa shape index (κ1) is 15.5. The highest BCUT2D eigenvalue weighted by molar-refractivity contribution is 7.92. The molecule has 0 atom stereocenters. The molecule has 128 valence electrons. The van der Waals surface area contributed by atoms with Crippen LogP contribution in [0.3, 0.4) is 0 Å². The van der Waals surface area contributed by atoms with Crippen LogP contribution in [0.2, 0.25) is 0 Å². The highest BCUT2D eigenvalue weighted by Crippen LogP contribution is 2.30. The van der Waals surface area contributed by atoms with Gasteiger partial charge in [-0.3, -0.25) is 14.5 Å². The van der Waals surface area contributed by atoms with Crippen molar-refractivity contribution in [3.05, 3.63) is 52.5 Å². The first-order chi connectivity index (χ1) is 11.8. The summed E-state index contributed by atoms with van der Waals surface area (Å²) >= 11 is 0. The fourth-order valence-electron chi connectivity index (χ4n) is 2.84. The summed E-state index contributed by atoms with van der Waals surface area (Å²) in [6.45, 7) is 0. The molecule has 4 rings (SSSR count). The van der Waals surface area contributed by atoms with Gasteiger partial charge in [0, 0.05) is 12.7 Å². The maximum absolute atomic E-state index is 12.6. The van der Waals surface area contributed by atoms with Crippen LogP contribution in [0.25, 0.3) is 11.1 Å². The van der Waals surface area contributed by atoms with Crippen LogP contribution in [0, 0.1) is 0 Å². The van der Waals surface area contributed by atoms with Crippen molar-refractivity contribution in [3.8, 4) is 0 Å². The van der Waals surface area contributed by atoms with Crippen LogP contribution in [0.4, 0.5) is 11.4 Å².